The van der Waals surface area contributed by atoms with Gasteiger partial charge in [-0.15, -0.1) is 0 Å². The van der Waals surface area contributed by atoms with E-state index < -0.39 is 10.0 Å². The van der Waals surface area contributed by atoms with Crippen LogP contribution < -0.4 is 9.62 Å². The van der Waals surface area contributed by atoms with E-state index in [2.05, 4.69) is 5.32 Å². The first-order valence-corrected chi connectivity index (χ1v) is 8.31. The van der Waals surface area contributed by atoms with Crippen LogP contribution in [0.5, 0.6) is 0 Å². The second-order valence-electron chi connectivity index (χ2n) is 5.28. The topological polar surface area (TPSA) is 66.5 Å². The van der Waals surface area contributed by atoms with Crippen molar-refractivity contribution in [2.45, 2.75) is 20.8 Å². The zero-order valence-electron chi connectivity index (χ0n) is 12.6. The van der Waals surface area contributed by atoms with Crippen molar-refractivity contribution in [3.05, 3.63) is 29.3 Å². The number of amides is 1. The molecule has 0 saturated carbocycles. The first-order valence-electron chi connectivity index (χ1n) is 6.46. The lowest BCUT2D eigenvalue weighted by Crippen LogP contribution is -2.29. The number of carbonyl (C=O) groups excluding carboxylic acids is 1. The highest BCUT2D eigenvalue weighted by Crippen LogP contribution is 2.24. The van der Waals surface area contributed by atoms with Crippen LogP contribution in [0.15, 0.2) is 18.2 Å². The van der Waals surface area contributed by atoms with E-state index in [-0.39, 0.29) is 5.91 Å². The van der Waals surface area contributed by atoms with Crippen molar-refractivity contribution >= 4 is 21.6 Å². The molecule has 0 unspecified atom stereocenters. The third kappa shape index (κ3) is 3.96. The van der Waals surface area contributed by atoms with E-state index in [9.17, 15) is 13.2 Å². The van der Waals surface area contributed by atoms with Crippen molar-refractivity contribution in [2.75, 3.05) is 24.2 Å². The lowest BCUT2D eigenvalue weighted by molar-refractivity contribution is 0.0948. The van der Waals surface area contributed by atoms with Crippen molar-refractivity contribution in [1.82, 2.24) is 5.32 Å². The average molecular weight is 298 g/mol. The van der Waals surface area contributed by atoms with Gasteiger partial charge in [-0.1, -0.05) is 19.9 Å². The smallest absolute Gasteiger partial charge is 0.251 e. The Morgan fingerprint density at radius 2 is 1.95 bits per heavy atom. The molecule has 5 nitrogen and oxygen atoms in total. The maximum Gasteiger partial charge on any atom is 0.251 e. The summed E-state index contributed by atoms with van der Waals surface area (Å²) in [6.07, 6.45) is 1.14. The molecule has 1 rings (SSSR count). The summed E-state index contributed by atoms with van der Waals surface area (Å²) in [7, 11) is -1.87. The Hall–Kier alpha value is -1.56. The van der Waals surface area contributed by atoms with Gasteiger partial charge in [0.15, 0.2) is 0 Å². The summed E-state index contributed by atoms with van der Waals surface area (Å²) in [6, 6.07) is 5.08. The normalized spacial score (nSPS) is 11.5. The molecule has 0 aromatic heterocycles. The largest absolute Gasteiger partial charge is 0.352 e. The van der Waals surface area contributed by atoms with Gasteiger partial charge in [0.05, 0.1) is 11.9 Å². The van der Waals surface area contributed by atoms with E-state index >= 15 is 0 Å². The van der Waals surface area contributed by atoms with Crippen LogP contribution in [0.4, 0.5) is 5.69 Å². The second-order valence-corrected chi connectivity index (χ2v) is 7.30. The van der Waals surface area contributed by atoms with Gasteiger partial charge in [-0.05, 0) is 30.5 Å². The van der Waals surface area contributed by atoms with Crippen LogP contribution in [0, 0.1) is 12.8 Å². The number of benzene rings is 1. The van der Waals surface area contributed by atoms with Gasteiger partial charge in [-0.25, -0.2) is 8.42 Å². The molecule has 1 aromatic rings. The van der Waals surface area contributed by atoms with Crippen molar-refractivity contribution in [3.8, 4) is 0 Å². The molecule has 0 heterocycles. The van der Waals surface area contributed by atoms with Crippen molar-refractivity contribution in [1.29, 1.82) is 0 Å². The molecule has 0 aliphatic heterocycles. The Morgan fingerprint density at radius 1 is 1.35 bits per heavy atom. The maximum atomic E-state index is 12.1. The van der Waals surface area contributed by atoms with Crippen LogP contribution >= 0.6 is 0 Å². The molecule has 0 spiro atoms. The summed E-state index contributed by atoms with van der Waals surface area (Å²) in [5.41, 5.74) is 1.67. The van der Waals surface area contributed by atoms with Crippen LogP contribution in [0.25, 0.3) is 0 Å². The molecule has 6 heteroatoms. The number of nitrogens with one attached hydrogen (secondary N) is 1. The number of nitrogens with zero attached hydrogens (tertiary/aromatic N) is 1. The van der Waals surface area contributed by atoms with E-state index in [1.807, 2.05) is 13.8 Å². The highest BCUT2D eigenvalue weighted by molar-refractivity contribution is 7.92. The monoisotopic (exact) mass is 298 g/mol. The molecule has 1 N–H and O–H groups in total. The number of hydrogen-bond donors (Lipinski definition) is 1. The lowest BCUT2D eigenvalue weighted by atomic mass is 10.1. The maximum absolute atomic E-state index is 12.1. The summed E-state index contributed by atoms with van der Waals surface area (Å²) < 4.78 is 24.4. The molecule has 0 atom stereocenters. The van der Waals surface area contributed by atoms with Crippen LogP contribution in [0.1, 0.15) is 29.8 Å². The molecular weight excluding hydrogens is 276 g/mol. The van der Waals surface area contributed by atoms with Crippen molar-refractivity contribution in [2.24, 2.45) is 5.92 Å². The minimum absolute atomic E-state index is 0.181. The Kier molecular flexibility index (Phi) is 5.16. The minimum Gasteiger partial charge on any atom is -0.352 e. The summed E-state index contributed by atoms with van der Waals surface area (Å²) in [6.45, 7) is 6.37. The predicted molar refractivity (Wildman–Crippen MR) is 81.6 cm³/mol. The van der Waals surface area contributed by atoms with Crippen molar-refractivity contribution < 1.29 is 13.2 Å². The standard InChI is InChI=1S/C14H22N2O3S/c1-10(2)9-15-14(17)12-7-6-8-13(11(12)3)16(4)20(5,18)19/h6-8,10H,9H2,1-5H3,(H,15,17). The van der Waals surface area contributed by atoms with E-state index in [1.165, 1.54) is 11.4 Å². The van der Waals surface area contributed by atoms with Gasteiger partial charge in [0.1, 0.15) is 0 Å². The predicted octanol–water partition coefficient (Wildman–Crippen LogP) is 1.78. The second kappa shape index (κ2) is 6.26. The highest BCUT2D eigenvalue weighted by Gasteiger charge is 2.18. The van der Waals surface area contributed by atoms with E-state index in [0.29, 0.717) is 29.3 Å². The fraction of sp³-hybridized carbons (Fsp3) is 0.500. The number of sulfonamides is 1. The van der Waals surface area contributed by atoms with Gasteiger partial charge >= 0.3 is 0 Å². The SMILES string of the molecule is Cc1c(C(=O)NCC(C)C)cccc1N(C)S(C)(=O)=O. The molecular formula is C14H22N2O3S. The molecule has 0 bridgehead atoms. The Labute approximate surface area is 121 Å². The van der Waals surface area contributed by atoms with Crippen LogP contribution in [-0.4, -0.2) is 34.2 Å². The summed E-state index contributed by atoms with van der Waals surface area (Å²) in [5, 5.41) is 2.84. The van der Waals surface area contributed by atoms with Gasteiger partial charge in [-0.2, -0.15) is 0 Å². The van der Waals surface area contributed by atoms with Gasteiger partial charge in [0.25, 0.3) is 5.91 Å². The van der Waals surface area contributed by atoms with Gasteiger partial charge in [0, 0.05) is 19.2 Å². The van der Waals surface area contributed by atoms with E-state index in [4.69, 9.17) is 0 Å². The Bertz CT molecular complexity index is 594. The molecule has 0 aliphatic carbocycles. The summed E-state index contributed by atoms with van der Waals surface area (Å²) in [5.74, 6) is 0.182. The van der Waals surface area contributed by atoms with Crippen LogP contribution in [0.2, 0.25) is 0 Å². The average Bonchev–Trinajstić information content (AvgIpc) is 2.34. The fourth-order valence-corrected chi connectivity index (χ4v) is 2.34. The quantitative estimate of drug-likeness (QED) is 0.901. The number of anilines is 1. The molecule has 0 fully saturated rings. The fourth-order valence-electron chi connectivity index (χ4n) is 1.78. The van der Waals surface area contributed by atoms with E-state index in [1.54, 1.807) is 25.1 Å². The van der Waals surface area contributed by atoms with Crippen molar-refractivity contribution in [3.63, 3.8) is 0 Å². The van der Waals surface area contributed by atoms with Gasteiger partial charge in [-0.3, -0.25) is 9.10 Å². The first-order chi connectivity index (χ1) is 9.14. The Morgan fingerprint density at radius 3 is 2.45 bits per heavy atom. The highest BCUT2D eigenvalue weighted by atomic mass is 32.2. The zero-order valence-corrected chi connectivity index (χ0v) is 13.4. The minimum atomic E-state index is -3.34. The molecule has 112 valence electrons. The van der Waals surface area contributed by atoms with Gasteiger partial charge in [0.2, 0.25) is 10.0 Å². The van der Waals surface area contributed by atoms with E-state index in [0.717, 1.165) is 6.26 Å². The summed E-state index contributed by atoms with van der Waals surface area (Å²) in [4.78, 5) is 12.1. The zero-order chi connectivity index (χ0) is 15.5. The molecule has 20 heavy (non-hydrogen) atoms. The molecule has 1 aromatic carbocycles. The molecule has 1 amide bonds. The third-order valence-electron chi connectivity index (χ3n) is 3.06. The van der Waals surface area contributed by atoms with Gasteiger partial charge < -0.3 is 5.32 Å². The lowest BCUT2D eigenvalue weighted by Gasteiger charge is -2.20. The number of carbonyl (C=O) groups is 1. The first kappa shape index (κ1) is 16.5. The number of rotatable bonds is 5. The van der Waals surface area contributed by atoms with Crippen LogP contribution in [-0.2, 0) is 10.0 Å². The number of hydrogen-bond acceptors (Lipinski definition) is 3. The van der Waals surface area contributed by atoms with Crippen LogP contribution in [0.3, 0.4) is 0 Å². The molecule has 0 saturated heterocycles. The summed E-state index contributed by atoms with van der Waals surface area (Å²) >= 11 is 0. The Balaban J connectivity index is 3.10. The molecule has 0 aliphatic rings. The third-order valence-corrected chi connectivity index (χ3v) is 4.25. The molecule has 0 radical (unpaired) electrons.